The van der Waals surface area contributed by atoms with Gasteiger partial charge >= 0.3 is 0 Å². The number of likely N-dealkylation sites (tertiary alicyclic amines) is 1. The number of thiazole rings is 1. The molecule has 1 aliphatic rings. The monoisotopic (exact) mass is 296 g/mol. The third kappa shape index (κ3) is 4.01. The fraction of sp³-hybridized carbons (Fsp3) is 0.615. The predicted octanol–water partition coefficient (Wildman–Crippen LogP) is 1.32. The summed E-state index contributed by atoms with van der Waals surface area (Å²) in [4.78, 5) is 29.3. The molecule has 2 rings (SSSR count). The lowest BCUT2D eigenvalue weighted by Gasteiger charge is -2.23. The van der Waals surface area contributed by atoms with Crippen LogP contribution in [0.3, 0.4) is 0 Å². The lowest BCUT2D eigenvalue weighted by Crippen LogP contribution is -2.40. The van der Waals surface area contributed by atoms with Crippen molar-refractivity contribution in [3.05, 3.63) is 11.1 Å². The molecule has 1 aliphatic heterocycles. The van der Waals surface area contributed by atoms with E-state index >= 15 is 0 Å². The van der Waals surface area contributed by atoms with E-state index in [4.69, 9.17) is 0 Å². The summed E-state index contributed by atoms with van der Waals surface area (Å²) in [7, 11) is 0. The van der Waals surface area contributed by atoms with Crippen molar-refractivity contribution in [3.63, 3.8) is 0 Å². The zero-order valence-corrected chi connectivity index (χ0v) is 12.6. The van der Waals surface area contributed by atoms with Crippen LogP contribution >= 0.6 is 11.3 Å². The number of carbonyl (C=O) groups excluding carboxylic acids is 2. The summed E-state index contributed by atoms with van der Waals surface area (Å²) >= 11 is 1.25. The number of carbonyl (C=O) groups is 2. The predicted molar refractivity (Wildman–Crippen MR) is 79.0 cm³/mol. The van der Waals surface area contributed by atoms with Crippen molar-refractivity contribution < 1.29 is 9.59 Å². The Bertz CT molecular complexity index is 482. The number of anilines is 1. The Morgan fingerprint density at radius 2 is 2.15 bits per heavy atom. The molecule has 1 saturated heterocycles. The van der Waals surface area contributed by atoms with Gasteiger partial charge in [0.15, 0.2) is 5.13 Å². The van der Waals surface area contributed by atoms with Gasteiger partial charge in [-0.1, -0.05) is 0 Å². The molecule has 0 spiro atoms. The summed E-state index contributed by atoms with van der Waals surface area (Å²) in [6, 6.07) is 0.343. The lowest BCUT2D eigenvalue weighted by molar-refractivity contribution is -0.114. The van der Waals surface area contributed by atoms with Gasteiger partial charge in [-0.05, 0) is 32.9 Å². The van der Waals surface area contributed by atoms with Gasteiger partial charge < -0.3 is 10.6 Å². The van der Waals surface area contributed by atoms with Crippen LogP contribution in [0.4, 0.5) is 5.13 Å². The number of nitrogens with one attached hydrogen (secondary N) is 2. The van der Waals surface area contributed by atoms with Crippen LogP contribution in [0.15, 0.2) is 5.38 Å². The van der Waals surface area contributed by atoms with E-state index < -0.39 is 0 Å². The van der Waals surface area contributed by atoms with Crippen molar-refractivity contribution in [3.8, 4) is 0 Å². The molecular formula is C13H20N4O2S. The normalized spacial score (nSPS) is 16.9. The SMILES string of the molecule is CC(=O)Nc1nc(C(=O)NC[C@H](C)N2CCCC2)cs1. The first-order chi connectivity index (χ1) is 9.56. The highest BCUT2D eigenvalue weighted by atomic mass is 32.1. The van der Waals surface area contributed by atoms with Crippen LogP contribution in [0, 0.1) is 0 Å². The molecule has 0 aromatic carbocycles. The summed E-state index contributed by atoms with van der Waals surface area (Å²) < 4.78 is 0. The minimum Gasteiger partial charge on any atom is -0.349 e. The fourth-order valence-corrected chi connectivity index (χ4v) is 2.97. The highest BCUT2D eigenvalue weighted by Crippen LogP contribution is 2.15. The maximum atomic E-state index is 12.0. The molecule has 0 aliphatic carbocycles. The Balaban J connectivity index is 1.81. The van der Waals surface area contributed by atoms with E-state index in [1.165, 1.54) is 31.1 Å². The largest absolute Gasteiger partial charge is 0.349 e. The molecule has 2 amide bonds. The van der Waals surface area contributed by atoms with Gasteiger partial charge in [0.05, 0.1) is 0 Å². The number of aromatic nitrogens is 1. The van der Waals surface area contributed by atoms with Crippen molar-refractivity contribution in [2.45, 2.75) is 32.7 Å². The number of hydrogen-bond acceptors (Lipinski definition) is 5. The van der Waals surface area contributed by atoms with E-state index in [0.29, 0.717) is 23.4 Å². The van der Waals surface area contributed by atoms with Crippen LogP contribution in [0.25, 0.3) is 0 Å². The molecule has 2 heterocycles. The molecule has 0 bridgehead atoms. The Morgan fingerprint density at radius 1 is 1.45 bits per heavy atom. The molecule has 1 fully saturated rings. The average molecular weight is 296 g/mol. The topological polar surface area (TPSA) is 74.3 Å². The second-order valence-electron chi connectivity index (χ2n) is 5.02. The third-order valence-electron chi connectivity index (χ3n) is 3.34. The molecule has 0 unspecified atom stereocenters. The smallest absolute Gasteiger partial charge is 0.270 e. The van der Waals surface area contributed by atoms with E-state index in [1.54, 1.807) is 5.38 Å². The minimum atomic E-state index is -0.191. The number of rotatable bonds is 5. The standard InChI is InChI=1S/C13H20N4O2S/c1-9(17-5-3-4-6-17)7-14-12(19)11-8-20-13(16-11)15-10(2)18/h8-9H,3-7H2,1-2H3,(H,14,19)(H,15,16,18)/t9-/m0/s1. The second-order valence-corrected chi connectivity index (χ2v) is 5.88. The molecule has 0 radical (unpaired) electrons. The summed E-state index contributed by atoms with van der Waals surface area (Å²) in [5, 5.41) is 7.57. The van der Waals surface area contributed by atoms with Crippen LogP contribution in [0.5, 0.6) is 0 Å². The van der Waals surface area contributed by atoms with E-state index in [-0.39, 0.29) is 11.8 Å². The Labute approximate surface area is 122 Å². The molecule has 20 heavy (non-hydrogen) atoms. The molecule has 7 heteroatoms. The van der Waals surface area contributed by atoms with Crippen molar-refractivity contribution in [1.82, 2.24) is 15.2 Å². The first kappa shape index (κ1) is 14.9. The van der Waals surface area contributed by atoms with Crippen LogP contribution in [-0.2, 0) is 4.79 Å². The van der Waals surface area contributed by atoms with E-state index in [2.05, 4.69) is 27.4 Å². The molecule has 2 N–H and O–H groups in total. The molecule has 1 atom stereocenters. The van der Waals surface area contributed by atoms with Crippen molar-refractivity contribution in [2.24, 2.45) is 0 Å². The number of nitrogens with zero attached hydrogens (tertiary/aromatic N) is 2. The Morgan fingerprint density at radius 3 is 2.80 bits per heavy atom. The van der Waals surface area contributed by atoms with Crippen LogP contribution in [0.1, 0.15) is 37.2 Å². The minimum absolute atomic E-state index is 0.186. The highest BCUT2D eigenvalue weighted by Gasteiger charge is 2.19. The lowest BCUT2D eigenvalue weighted by atomic mass is 10.3. The highest BCUT2D eigenvalue weighted by molar-refractivity contribution is 7.14. The Kier molecular flexibility index (Phi) is 5.08. The molecule has 6 nitrogen and oxygen atoms in total. The molecule has 1 aromatic rings. The van der Waals surface area contributed by atoms with Crippen molar-refractivity contribution >= 4 is 28.3 Å². The summed E-state index contributed by atoms with van der Waals surface area (Å²) in [5.74, 6) is -0.377. The summed E-state index contributed by atoms with van der Waals surface area (Å²) in [6.07, 6.45) is 2.48. The maximum absolute atomic E-state index is 12.0. The maximum Gasteiger partial charge on any atom is 0.270 e. The first-order valence-electron chi connectivity index (χ1n) is 6.81. The van der Waals surface area contributed by atoms with Gasteiger partial charge in [-0.25, -0.2) is 4.98 Å². The zero-order chi connectivity index (χ0) is 14.5. The quantitative estimate of drug-likeness (QED) is 0.859. The first-order valence-corrected chi connectivity index (χ1v) is 7.69. The third-order valence-corrected chi connectivity index (χ3v) is 4.10. The van der Waals surface area contributed by atoms with Gasteiger partial charge in [0.1, 0.15) is 5.69 Å². The van der Waals surface area contributed by atoms with Crippen LogP contribution in [0.2, 0.25) is 0 Å². The van der Waals surface area contributed by atoms with Gasteiger partial charge in [0, 0.05) is 24.9 Å². The molecule has 110 valence electrons. The van der Waals surface area contributed by atoms with Crippen molar-refractivity contribution in [1.29, 1.82) is 0 Å². The number of hydrogen-bond donors (Lipinski definition) is 2. The molecule has 0 saturated carbocycles. The van der Waals surface area contributed by atoms with Gasteiger partial charge in [-0.3, -0.25) is 14.5 Å². The average Bonchev–Trinajstić information content (AvgIpc) is 3.05. The van der Waals surface area contributed by atoms with Crippen LogP contribution < -0.4 is 10.6 Å². The van der Waals surface area contributed by atoms with Crippen molar-refractivity contribution in [2.75, 3.05) is 25.0 Å². The summed E-state index contributed by atoms with van der Waals surface area (Å²) in [6.45, 7) is 6.38. The van der Waals surface area contributed by atoms with E-state index in [9.17, 15) is 9.59 Å². The van der Waals surface area contributed by atoms with Crippen LogP contribution in [-0.4, -0.2) is 47.4 Å². The van der Waals surface area contributed by atoms with E-state index in [1.807, 2.05) is 0 Å². The second kappa shape index (κ2) is 6.81. The fourth-order valence-electron chi connectivity index (χ4n) is 2.23. The van der Waals surface area contributed by atoms with E-state index in [0.717, 1.165) is 13.1 Å². The van der Waals surface area contributed by atoms with Gasteiger partial charge in [0.2, 0.25) is 5.91 Å². The Hall–Kier alpha value is -1.47. The van der Waals surface area contributed by atoms with Gasteiger partial charge in [-0.15, -0.1) is 11.3 Å². The zero-order valence-electron chi connectivity index (χ0n) is 11.8. The van der Waals surface area contributed by atoms with Gasteiger partial charge in [-0.2, -0.15) is 0 Å². The molecule has 1 aromatic heterocycles. The van der Waals surface area contributed by atoms with Gasteiger partial charge in [0.25, 0.3) is 5.91 Å². The molecular weight excluding hydrogens is 276 g/mol. The summed E-state index contributed by atoms with van der Waals surface area (Å²) in [5.41, 5.74) is 0.354. The number of amides is 2.